The number of halogens is 1. The maximum absolute atomic E-state index is 14.5. The van der Waals surface area contributed by atoms with Gasteiger partial charge in [-0.2, -0.15) is 0 Å². The largest absolute Gasteiger partial charge is 0.371 e. The first-order chi connectivity index (χ1) is 13.5. The van der Waals surface area contributed by atoms with E-state index >= 15 is 0 Å². The molecule has 8 heteroatoms. The molecule has 0 aromatic heterocycles. The zero-order chi connectivity index (χ0) is 19.7. The molecule has 3 aliphatic rings. The van der Waals surface area contributed by atoms with Crippen molar-refractivity contribution < 1.29 is 18.8 Å². The summed E-state index contributed by atoms with van der Waals surface area (Å²) in [7, 11) is 0. The van der Waals surface area contributed by atoms with E-state index in [0.717, 1.165) is 61.1 Å². The van der Waals surface area contributed by atoms with Crippen molar-refractivity contribution in [3.8, 4) is 0 Å². The number of imide groups is 1. The second kappa shape index (κ2) is 7.95. The lowest BCUT2D eigenvalue weighted by Crippen LogP contribution is -2.40. The van der Waals surface area contributed by atoms with Crippen LogP contribution in [0.2, 0.25) is 0 Å². The Morgan fingerprint density at radius 3 is 2.43 bits per heavy atom. The van der Waals surface area contributed by atoms with Crippen LogP contribution in [-0.2, 0) is 9.59 Å². The smallest absolute Gasteiger partial charge is 0.294 e. The highest BCUT2D eigenvalue weighted by Crippen LogP contribution is 2.33. The Labute approximate surface area is 167 Å². The highest BCUT2D eigenvalue weighted by Gasteiger charge is 2.37. The van der Waals surface area contributed by atoms with Crippen LogP contribution in [0.1, 0.15) is 31.2 Å². The number of thioether (sulfide) groups is 1. The molecule has 0 saturated carbocycles. The van der Waals surface area contributed by atoms with Crippen LogP contribution in [-0.4, -0.2) is 59.6 Å². The zero-order valence-corrected chi connectivity index (χ0v) is 16.3. The van der Waals surface area contributed by atoms with Gasteiger partial charge < -0.3 is 9.80 Å². The number of anilines is 1. The van der Waals surface area contributed by atoms with Crippen molar-refractivity contribution in [2.45, 2.75) is 25.7 Å². The summed E-state index contributed by atoms with van der Waals surface area (Å²) in [5, 5.41) is -0.488. The number of carbonyl (C=O) groups excluding carboxylic acids is 3. The molecule has 0 aliphatic carbocycles. The minimum atomic E-state index is -0.537. The molecule has 3 fully saturated rings. The van der Waals surface area contributed by atoms with E-state index in [9.17, 15) is 18.8 Å². The number of rotatable bonds is 4. The molecule has 0 radical (unpaired) electrons. The van der Waals surface area contributed by atoms with Gasteiger partial charge in [0.2, 0.25) is 5.91 Å². The Morgan fingerprint density at radius 2 is 1.75 bits per heavy atom. The maximum atomic E-state index is 14.5. The number of amides is 3. The standard InChI is InChI=1S/C20H22FN3O3S/c21-16-12-15(22-7-1-2-8-22)6-5-14(16)11-17-19(26)24(20(27)28-17)13-18(25)23-9-3-4-10-23/h5-6,11-12H,1-4,7-10,13H2/b17-11+. The molecule has 0 unspecified atom stereocenters. The van der Waals surface area contributed by atoms with Crippen molar-refractivity contribution in [1.29, 1.82) is 0 Å². The van der Waals surface area contributed by atoms with Crippen LogP contribution in [0.3, 0.4) is 0 Å². The van der Waals surface area contributed by atoms with Crippen LogP contribution in [0.4, 0.5) is 14.9 Å². The summed E-state index contributed by atoms with van der Waals surface area (Å²) in [6.07, 6.45) is 5.49. The molecule has 6 nitrogen and oxygen atoms in total. The summed E-state index contributed by atoms with van der Waals surface area (Å²) in [6.45, 7) is 2.92. The molecule has 3 amide bonds. The average Bonchev–Trinajstić information content (AvgIpc) is 3.42. The van der Waals surface area contributed by atoms with Crippen molar-refractivity contribution in [1.82, 2.24) is 9.80 Å². The lowest BCUT2D eigenvalue weighted by Gasteiger charge is -2.18. The van der Waals surface area contributed by atoms with Crippen molar-refractivity contribution in [2.75, 3.05) is 37.6 Å². The van der Waals surface area contributed by atoms with Gasteiger partial charge in [-0.1, -0.05) is 0 Å². The van der Waals surface area contributed by atoms with Crippen LogP contribution in [0, 0.1) is 5.82 Å². The number of carbonyl (C=O) groups is 3. The average molecular weight is 403 g/mol. The molecule has 3 saturated heterocycles. The molecule has 1 aromatic rings. The molecule has 4 rings (SSSR count). The van der Waals surface area contributed by atoms with Crippen LogP contribution >= 0.6 is 11.8 Å². The number of nitrogens with zero attached hydrogens (tertiary/aromatic N) is 3. The third-order valence-corrected chi connectivity index (χ3v) is 6.27. The second-order valence-electron chi connectivity index (χ2n) is 7.26. The molecule has 28 heavy (non-hydrogen) atoms. The van der Waals surface area contributed by atoms with Gasteiger partial charge in [0.25, 0.3) is 11.1 Å². The highest BCUT2D eigenvalue weighted by atomic mass is 32.2. The third kappa shape index (κ3) is 3.78. The van der Waals surface area contributed by atoms with Gasteiger partial charge in [0.05, 0.1) is 4.91 Å². The van der Waals surface area contributed by atoms with E-state index in [1.807, 2.05) is 6.07 Å². The molecule has 0 atom stereocenters. The molecule has 1 aromatic carbocycles. The first kappa shape index (κ1) is 19.0. The third-order valence-electron chi connectivity index (χ3n) is 5.37. The normalized spacial score (nSPS) is 21.5. The molecule has 148 valence electrons. The van der Waals surface area contributed by atoms with Crippen LogP contribution in [0.15, 0.2) is 23.1 Å². The van der Waals surface area contributed by atoms with Gasteiger partial charge in [-0.05, 0) is 61.7 Å². The summed E-state index contributed by atoms with van der Waals surface area (Å²) in [5.41, 5.74) is 1.09. The fourth-order valence-electron chi connectivity index (χ4n) is 3.78. The van der Waals surface area contributed by atoms with E-state index in [1.165, 1.54) is 12.1 Å². The fourth-order valence-corrected chi connectivity index (χ4v) is 4.61. The number of likely N-dealkylation sites (tertiary alicyclic amines) is 1. The van der Waals surface area contributed by atoms with Gasteiger partial charge >= 0.3 is 0 Å². The van der Waals surface area contributed by atoms with Crippen molar-refractivity contribution in [3.63, 3.8) is 0 Å². The Bertz CT molecular complexity index is 845. The quantitative estimate of drug-likeness (QED) is 0.723. The second-order valence-corrected chi connectivity index (χ2v) is 8.25. The highest BCUT2D eigenvalue weighted by molar-refractivity contribution is 8.18. The lowest BCUT2D eigenvalue weighted by atomic mass is 10.1. The van der Waals surface area contributed by atoms with Gasteiger partial charge in [-0.25, -0.2) is 4.39 Å². The first-order valence-electron chi connectivity index (χ1n) is 9.60. The summed E-state index contributed by atoms with van der Waals surface area (Å²) in [6, 6.07) is 4.94. The van der Waals surface area contributed by atoms with Gasteiger partial charge in [0.15, 0.2) is 0 Å². The molecule has 0 spiro atoms. The number of benzene rings is 1. The van der Waals surface area contributed by atoms with Crippen molar-refractivity contribution in [3.05, 3.63) is 34.5 Å². The Morgan fingerprint density at radius 1 is 1.07 bits per heavy atom. The van der Waals surface area contributed by atoms with E-state index in [0.29, 0.717) is 13.1 Å². The summed E-state index contributed by atoms with van der Waals surface area (Å²) in [5.74, 6) is -1.18. The molecule has 3 heterocycles. The van der Waals surface area contributed by atoms with E-state index in [-0.39, 0.29) is 22.9 Å². The Balaban J connectivity index is 1.48. The maximum Gasteiger partial charge on any atom is 0.294 e. The number of hydrogen-bond donors (Lipinski definition) is 0. The van der Waals surface area contributed by atoms with Gasteiger partial charge in [-0.15, -0.1) is 0 Å². The lowest BCUT2D eigenvalue weighted by molar-refractivity contribution is -0.135. The number of hydrogen-bond acceptors (Lipinski definition) is 5. The monoisotopic (exact) mass is 403 g/mol. The van der Waals surface area contributed by atoms with E-state index in [2.05, 4.69) is 4.90 Å². The van der Waals surface area contributed by atoms with Gasteiger partial charge in [0.1, 0.15) is 12.4 Å². The van der Waals surface area contributed by atoms with Crippen LogP contribution < -0.4 is 4.90 Å². The Hall–Kier alpha value is -2.35. The SMILES string of the molecule is O=C(CN1C(=O)S/C(=C/c2ccc(N3CCCC3)cc2F)C1=O)N1CCCC1. The topological polar surface area (TPSA) is 60.9 Å². The summed E-state index contributed by atoms with van der Waals surface area (Å²) in [4.78, 5) is 41.9. The predicted molar refractivity (Wildman–Crippen MR) is 106 cm³/mol. The zero-order valence-electron chi connectivity index (χ0n) is 15.5. The van der Waals surface area contributed by atoms with E-state index < -0.39 is 17.0 Å². The minimum absolute atomic E-state index is 0.145. The first-order valence-corrected chi connectivity index (χ1v) is 10.4. The Kier molecular flexibility index (Phi) is 5.39. The molecule has 0 N–H and O–H groups in total. The molecular formula is C20H22FN3O3S. The van der Waals surface area contributed by atoms with Crippen LogP contribution in [0.5, 0.6) is 0 Å². The summed E-state index contributed by atoms with van der Waals surface area (Å²) >= 11 is 0.750. The fraction of sp³-hybridized carbons (Fsp3) is 0.450. The van der Waals surface area contributed by atoms with Crippen molar-refractivity contribution in [2.24, 2.45) is 0 Å². The van der Waals surface area contributed by atoms with Gasteiger partial charge in [0, 0.05) is 37.4 Å². The van der Waals surface area contributed by atoms with E-state index in [1.54, 1.807) is 11.0 Å². The van der Waals surface area contributed by atoms with Crippen LogP contribution in [0.25, 0.3) is 6.08 Å². The molecule has 0 bridgehead atoms. The molecular weight excluding hydrogens is 381 g/mol. The summed E-state index contributed by atoms with van der Waals surface area (Å²) < 4.78 is 14.5. The van der Waals surface area contributed by atoms with Crippen molar-refractivity contribution >= 4 is 40.6 Å². The van der Waals surface area contributed by atoms with E-state index in [4.69, 9.17) is 0 Å². The molecule has 3 aliphatic heterocycles. The van der Waals surface area contributed by atoms with Gasteiger partial charge in [-0.3, -0.25) is 19.3 Å². The predicted octanol–water partition coefficient (Wildman–Crippen LogP) is 3.08. The minimum Gasteiger partial charge on any atom is -0.371 e.